The lowest BCUT2D eigenvalue weighted by Gasteiger charge is -2.43. The maximum atomic E-state index is 12.8. The second kappa shape index (κ2) is 7.96. The average molecular weight is 423 g/mol. The number of piperidine rings is 1. The number of amides is 2. The highest BCUT2D eigenvalue weighted by Gasteiger charge is 2.50. The molecule has 2 aromatic carbocycles. The molecule has 1 N–H and O–H groups in total. The molecule has 2 amide bonds. The van der Waals surface area contributed by atoms with Crippen molar-refractivity contribution in [3.8, 4) is 0 Å². The van der Waals surface area contributed by atoms with Crippen LogP contribution >= 0.6 is 11.8 Å². The van der Waals surface area contributed by atoms with Crippen LogP contribution in [0.5, 0.6) is 0 Å². The van der Waals surface area contributed by atoms with Crippen molar-refractivity contribution in [3.63, 3.8) is 0 Å². The number of thioether (sulfide) groups is 1. The predicted molar refractivity (Wildman–Crippen MR) is 119 cm³/mol. The van der Waals surface area contributed by atoms with E-state index in [0.717, 1.165) is 55.2 Å². The van der Waals surface area contributed by atoms with Gasteiger partial charge in [-0.05, 0) is 37.1 Å². The fourth-order valence-electron chi connectivity index (χ4n) is 4.75. The van der Waals surface area contributed by atoms with Crippen LogP contribution < -0.4 is 10.2 Å². The number of hydrogen-bond acceptors (Lipinski definition) is 5. The van der Waals surface area contributed by atoms with Crippen molar-refractivity contribution in [2.24, 2.45) is 0 Å². The Morgan fingerprint density at radius 1 is 0.933 bits per heavy atom. The SMILES string of the molecule is O=C1c2ccccc2SCN1CCN1CCC2(CC1)C(=O)NCN2c1ccccc1. The van der Waals surface area contributed by atoms with Crippen molar-refractivity contribution in [1.82, 2.24) is 15.1 Å². The number of nitrogens with zero attached hydrogens (tertiary/aromatic N) is 3. The minimum absolute atomic E-state index is 0.128. The molecule has 0 radical (unpaired) electrons. The van der Waals surface area contributed by atoms with E-state index in [1.807, 2.05) is 47.4 Å². The second-order valence-electron chi connectivity index (χ2n) is 8.14. The standard InChI is InChI=1S/C23H26N4O2S/c28-21-19-8-4-5-9-20(19)30-17-26(21)15-14-25-12-10-23(11-13-25)22(29)24-16-27(23)18-6-2-1-3-7-18/h1-9H,10-17H2,(H,24,29). The number of benzene rings is 2. The summed E-state index contributed by atoms with van der Waals surface area (Å²) in [5, 5.41) is 3.06. The van der Waals surface area contributed by atoms with Gasteiger partial charge in [0.05, 0.1) is 18.1 Å². The van der Waals surface area contributed by atoms with Crippen molar-refractivity contribution in [2.75, 3.05) is 43.6 Å². The number of carbonyl (C=O) groups is 2. The molecular weight excluding hydrogens is 396 g/mol. The Morgan fingerprint density at radius 2 is 1.67 bits per heavy atom. The highest BCUT2D eigenvalue weighted by atomic mass is 32.2. The molecule has 0 aliphatic carbocycles. The lowest BCUT2D eigenvalue weighted by molar-refractivity contribution is -0.125. The van der Waals surface area contributed by atoms with E-state index in [9.17, 15) is 9.59 Å². The fraction of sp³-hybridized carbons (Fsp3) is 0.391. The van der Waals surface area contributed by atoms with Crippen LogP contribution in [0.2, 0.25) is 0 Å². The van der Waals surface area contributed by atoms with Crippen molar-refractivity contribution in [3.05, 3.63) is 60.2 Å². The Morgan fingerprint density at radius 3 is 2.47 bits per heavy atom. The first-order valence-corrected chi connectivity index (χ1v) is 11.5. The van der Waals surface area contributed by atoms with Crippen LogP contribution in [0.1, 0.15) is 23.2 Å². The molecule has 6 nitrogen and oxygen atoms in total. The number of nitrogens with one attached hydrogen (secondary N) is 1. The van der Waals surface area contributed by atoms with Crippen LogP contribution in [0.3, 0.4) is 0 Å². The van der Waals surface area contributed by atoms with Crippen molar-refractivity contribution >= 4 is 29.3 Å². The first-order chi connectivity index (χ1) is 14.7. The molecule has 2 aromatic rings. The molecule has 7 heteroatoms. The van der Waals surface area contributed by atoms with Gasteiger partial charge in [-0.15, -0.1) is 11.8 Å². The molecule has 3 aliphatic heterocycles. The Balaban J connectivity index is 1.20. The van der Waals surface area contributed by atoms with Crippen LogP contribution in [-0.4, -0.2) is 65.9 Å². The topological polar surface area (TPSA) is 55.9 Å². The van der Waals surface area contributed by atoms with E-state index in [4.69, 9.17) is 0 Å². The van der Waals surface area contributed by atoms with Gasteiger partial charge in [0, 0.05) is 36.8 Å². The number of carbonyl (C=O) groups excluding carboxylic acids is 2. The van der Waals surface area contributed by atoms with E-state index in [1.165, 1.54) is 0 Å². The van der Waals surface area contributed by atoms with Gasteiger partial charge in [0.25, 0.3) is 5.91 Å². The zero-order valence-electron chi connectivity index (χ0n) is 16.9. The molecule has 30 heavy (non-hydrogen) atoms. The van der Waals surface area contributed by atoms with E-state index in [2.05, 4.69) is 27.2 Å². The summed E-state index contributed by atoms with van der Waals surface area (Å²) in [6.45, 7) is 3.87. The number of hydrogen-bond donors (Lipinski definition) is 1. The van der Waals surface area contributed by atoms with E-state index in [-0.39, 0.29) is 11.8 Å². The predicted octanol–water partition coefficient (Wildman–Crippen LogP) is 2.62. The largest absolute Gasteiger partial charge is 0.339 e. The van der Waals surface area contributed by atoms with Crippen LogP contribution in [0, 0.1) is 0 Å². The van der Waals surface area contributed by atoms with E-state index in [1.54, 1.807) is 11.8 Å². The molecule has 0 saturated carbocycles. The van der Waals surface area contributed by atoms with Gasteiger partial charge < -0.3 is 20.0 Å². The van der Waals surface area contributed by atoms with Crippen molar-refractivity contribution in [1.29, 1.82) is 0 Å². The van der Waals surface area contributed by atoms with Crippen LogP contribution in [-0.2, 0) is 4.79 Å². The molecule has 3 aliphatic rings. The summed E-state index contributed by atoms with van der Waals surface area (Å²) in [6, 6.07) is 18.0. The van der Waals surface area contributed by atoms with E-state index >= 15 is 0 Å². The molecule has 2 saturated heterocycles. The zero-order valence-corrected chi connectivity index (χ0v) is 17.7. The van der Waals surface area contributed by atoms with Gasteiger partial charge in [-0.1, -0.05) is 30.3 Å². The highest BCUT2D eigenvalue weighted by Crippen LogP contribution is 2.36. The third-order valence-corrected chi connectivity index (χ3v) is 7.66. The first-order valence-electron chi connectivity index (χ1n) is 10.5. The molecule has 0 bridgehead atoms. The molecule has 0 unspecified atom stereocenters. The third kappa shape index (κ3) is 3.36. The maximum Gasteiger partial charge on any atom is 0.255 e. The van der Waals surface area contributed by atoms with Gasteiger partial charge in [0.1, 0.15) is 5.54 Å². The number of anilines is 1. The zero-order chi connectivity index (χ0) is 20.6. The summed E-state index contributed by atoms with van der Waals surface area (Å²) in [4.78, 5) is 33.2. The molecule has 1 spiro atoms. The van der Waals surface area contributed by atoms with Crippen molar-refractivity contribution in [2.45, 2.75) is 23.3 Å². The lowest BCUT2D eigenvalue weighted by Crippen LogP contribution is -2.57. The summed E-state index contributed by atoms with van der Waals surface area (Å²) < 4.78 is 0. The minimum Gasteiger partial charge on any atom is -0.339 e. The van der Waals surface area contributed by atoms with Gasteiger partial charge in [-0.25, -0.2) is 0 Å². The highest BCUT2D eigenvalue weighted by molar-refractivity contribution is 7.99. The summed E-state index contributed by atoms with van der Waals surface area (Å²) in [7, 11) is 0. The Labute approximate surface area is 181 Å². The van der Waals surface area contributed by atoms with Crippen molar-refractivity contribution < 1.29 is 9.59 Å². The Hall–Kier alpha value is -2.51. The molecule has 156 valence electrons. The fourth-order valence-corrected chi connectivity index (χ4v) is 5.78. The van der Waals surface area contributed by atoms with Crippen LogP contribution in [0.4, 0.5) is 5.69 Å². The summed E-state index contributed by atoms with van der Waals surface area (Å²) in [5.74, 6) is 0.978. The second-order valence-corrected chi connectivity index (χ2v) is 9.13. The van der Waals surface area contributed by atoms with Gasteiger partial charge >= 0.3 is 0 Å². The third-order valence-electron chi connectivity index (χ3n) is 6.55. The molecule has 5 rings (SSSR count). The van der Waals surface area contributed by atoms with E-state index in [0.29, 0.717) is 12.5 Å². The van der Waals surface area contributed by atoms with Crippen LogP contribution in [0.25, 0.3) is 0 Å². The summed E-state index contributed by atoms with van der Waals surface area (Å²) in [5.41, 5.74) is 1.46. The number of likely N-dealkylation sites (tertiary alicyclic amines) is 1. The van der Waals surface area contributed by atoms with Crippen LogP contribution in [0.15, 0.2) is 59.5 Å². The van der Waals surface area contributed by atoms with Gasteiger partial charge in [0.15, 0.2) is 0 Å². The summed E-state index contributed by atoms with van der Waals surface area (Å²) >= 11 is 1.73. The Kier molecular flexibility index (Phi) is 5.16. The first kappa shape index (κ1) is 19.5. The number of rotatable bonds is 4. The number of fused-ring (bicyclic) bond motifs is 1. The maximum absolute atomic E-state index is 12.8. The molecule has 0 aromatic heterocycles. The van der Waals surface area contributed by atoms with Gasteiger partial charge in [-0.3, -0.25) is 9.59 Å². The normalized spacial score (nSPS) is 21.1. The van der Waals surface area contributed by atoms with Gasteiger partial charge in [-0.2, -0.15) is 0 Å². The molecular formula is C23H26N4O2S. The smallest absolute Gasteiger partial charge is 0.255 e. The monoisotopic (exact) mass is 422 g/mol. The van der Waals surface area contributed by atoms with E-state index < -0.39 is 5.54 Å². The molecule has 0 atom stereocenters. The lowest BCUT2D eigenvalue weighted by atomic mass is 9.85. The molecule has 3 heterocycles. The number of para-hydroxylation sites is 1. The van der Waals surface area contributed by atoms with Gasteiger partial charge in [0.2, 0.25) is 5.91 Å². The molecule has 2 fully saturated rings. The average Bonchev–Trinajstić information content (AvgIpc) is 3.11. The minimum atomic E-state index is -0.451. The quantitative estimate of drug-likeness (QED) is 0.821. The summed E-state index contributed by atoms with van der Waals surface area (Å²) in [6.07, 6.45) is 1.61. The Bertz CT molecular complexity index is 943.